The Balaban J connectivity index is 1.31. The van der Waals surface area contributed by atoms with Crippen LogP contribution < -0.4 is 15.0 Å². The molecule has 0 radical (unpaired) electrons. The molecule has 5 heteroatoms. The highest BCUT2D eigenvalue weighted by Gasteiger charge is 2.25. The van der Waals surface area contributed by atoms with Crippen LogP contribution in [0.15, 0.2) is 30.5 Å². The van der Waals surface area contributed by atoms with Gasteiger partial charge in [0.15, 0.2) is 0 Å². The lowest BCUT2D eigenvalue weighted by molar-refractivity contribution is 0.186. The molecule has 1 aliphatic carbocycles. The second kappa shape index (κ2) is 6.98. The van der Waals surface area contributed by atoms with Crippen LogP contribution in [-0.2, 0) is 6.42 Å². The molecular formula is C20H27N3O2. The summed E-state index contributed by atoms with van der Waals surface area (Å²) in [4.78, 5) is 16.8. The van der Waals surface area contributed by atoms with Gasteiger partial charge in [-0.2, -0.15) is 0 Å². The number of allylic oxidation sites excluding steroid dienone is 1. The zero-order chi connectivity index (χ0) is 17.2. The van der Waals surface area contributed by atoms with Crippen molar-refractivity contribution in [2.24, 2.45) is 0 Å². The molecule has 1 aromatic rings. The van der Waals surface area contributed by atoms with E-state index in [4.69, 9.17) is 4.74 Å². The summed E-state index contributed by atoms with van der Waals surface area (Å²) in [6, 6.07) is 6.83. The number of rotatable bonds is 2. The topological polar surface area (TPSA) is 44.8 Å². The van der Waals surface area contributed by atoms with Gasteiger partial charge in [0.25, 0.3) is 0 Å². The molecule has 0 bridgehead atoms. The zero-order valence-electron chi connectivity index (χ0n) is 14.8. The maximum atomic E-state index is 12.5. The van der Waals surface area contributed by atoms with E-state index >= 15 is 0 Å². The number of nitrogens with zero attached hydrogens (tertiary/aromatic N) is 2. The van der Waals surface area contributed by atoms with Gasteiger partial charge in [0.2, 0.25) is 0 Å². The summed E-state index contributed by atoms with van der Waals surface area (Å²) in [5.41, 5.74) is 2.42. The largest absolute Gasteiger partial charge is 0.462 e. The van der Waals surface area contributed by atoms with Crippen LogP contribution in [-0.4, -0.2) is 43.2 Å². The maximum Gasteiger partial charge on any atom is 0.317 e. The second-order valence-electron chi connectivity index (χ2n) is 7.37. The number of carbonyl (C=O) groups is 1. The quantitative estimate of drug-likeness (QED) is 0.898. The molecule has 134 valence electrons. The van der Waals surface area contributed by atoms with E-state index in [1.807, 2.05) is 11.0 Å². The third kappa shape index (κ3) is 3.60. The van der Waals surface area contributed by atoms with Crippen molar-refractivity contribution in [1.82, 2.24) is 10.2 Å². The number of amides is 2. The third-order valence-corrected chi connectivity index (χ3v) is 5.55. The Morgan fingerprint density at radius 2 is 1.88 bits per heavy atom. The van der Waals surface area contributed by atoms with Crippen LogP contribution in [0.25, 0.3) is 0 Å². The number of piperazine rings is 1. The van der Waals surface area contributed by atoms with Crippen molar-refractivity contribution in [3.8, 4) is 5.75 Å². The fourth-order valence-corrected chi connectivity index (χ4v) is 4.08. The van der Waals surface area contributed by atoms with Crippen LogP contribution in [0, 0.1) is 0 Å². The number of anilines is 1. The van der Waals surface area contributed by atoms with Gasteiger partial charge >= 0.3 is 6.03 Å². The van der Waals surface area contributed by atoms with E-state index in [-0.39, 0.29) is 6.03 Å². The number of hydrogen-bond donors (Lipinski definition) is 1. The molecule has 2 amide bonds. The summed E-state index contributed by atoms with van der Waals surface area (Å²) in [5.74, 6) is 1.75. The van der Waals surface area contributed by atoms with E-state index in [1.165, 1.54) is 30.5 Å². The van der Waals surface area contributed by atoms with Gasteiger partial charge < -0.3 is 19.9 Å². The van der Waals surface area contributed by atoms with Crippen molar-refractivity contribution in [3.05, 3.63) is 36.1 Å². The maximum absolute atomic E-state index is 12.5. The SMILES string of the molecule is C=C1Cc2cc(N3CCN(C(=O)NC4CCCCC4)CC3)ccc2O1. The Hall–Kier alpha value is -2.17. The van der Waals surface area contributed by atoms with Gasteiger partial charge in [-0.3, -0.25) is 0 Å². The molecule has 0 spiro atoms. The number of hydrogen-bond acceptors (Lipinski definition) is 3. The molecule has 3 aliphatic rings. The van der Waals surface area contributed by atoms with E-state index in [0.717, 1.165) is 57.0 Å². The molecule has 1 saturated heterocycles. The van der Waals surface area contributed by atoms with Crippen molar-refractivity contribution in [2.45, 2.75) is 44.6 Å². The highest BCUT2D eigenvalue weighted by atomic mass is 16.5. The minimum absolute atomic E-state index is 0.116. The molecule has 2 heterocycles. The summed E-state index contributed by atoms with van der Waals surface area (Å²) in [6.45, 7) is 7.20. The molecular weight excluding hydrogens is 314 g/mol. The zero-order valence-corrected chi connectivity index (χ0v) is 14.8. The van der Waals surface area contributed by atoms with Gasteiger partial charge in [-0.05, 0) is 31.0 Å². The number of benzene rings is 1. The lowest BCUT2D eigenvalue weighted by atomic mass is 9.96. The van der Waals surface area contributed by atoms with Crippen molar-refractivity contribution < 1.29 is 9.53 Å². The molecule has 0 unspecified atom stereocenters. The van der Waals surface area contributed by atoms with E-state index in [1.54, 1.807) is 0 Å². The summed E-state index contributed by atoms with van der Waals surface area (Å²) in [7, 11) is 0. The summed E-state index contributed by atoms with van der Waals surface area (Å²) in [5, 5.41) is 3.22. The first kappa shape index (κ1) is 16.3. The molecule has 5 nitrogen and oxygen atoms in total. The Kier molecular flexibility index (Phi) is 4.55. The van der Waals surface area contributed by atoms with E-state index in [0.29, 0.717) is 6.04 Å². The molecule has 1 saturated carbocycles. The molecule has 1 N–H and O–H groups in total. The summed E-state index contributed by atoms with van der Waals surface area (Å²) >= 11 is 0. The van der Waals surface area contributed by atoms with Gasteiger partial charge in [0.1, 0.15) is 11.5 Å². The highest BCUT2D eigenvalue weighted by molar-refractivity contribution is 5.75. The number of ether oxygens (including phenoxy) is 1. The summed E-state index contributed by atoms with van der Waals surface area (Å²) in [6.07, 6.45) is 6.86. The minimum atomic E-state index is 0.116. The standard InChI is InChI=1S/C20H27N3O2/c1-15-13-16-14-18(7-8-19(16)25-15)22-9-11-23(12-10-22)20(24)21-17-5-3-2-4-6-17/h7-8,14,17H,1-6,9-13H2,(H,21,24). The van der Waals surface area contributed by atoms with E-state index in [9.17, 15) is 4.79 Å². The Labute approximate surface area is 149 Å². The molecule has 0 aromatic heterocycles. The first-order chi connectivity index (χ1) is 12.2. The van der Waals surface area contributed by atoms with Crippen molar-refractivity contribution in [1.29, 1.82) is 0 Å². The Morgan fingerprint density at radius 1 is 1.12 bits per heavy atom. The van der Waals surface area contributed by atoms with Gasteiger partial charge in [0, 0.05) is 49.9 Å². The van der Waals surface area contributed by atoms with E-state index < -0.39 is 0 Å². The van der Waals surface area contributed by atoms with Crippen LogP contribution in [0.3, 0.4) is 0 Å². The Bertz CT molecular complexity index is 659. The average Bonchev–Trinajstić information content (AvgIpc) is 3.02. The fraction of sp³-hybridized carbons (Fsp3) is 0.550. The molecule has 2 aliphatic heterocycles. The fourth-order valence-electron chi connectivity index (χ4n) is 4.08. The molecule has 0 atom stereocenters. The first-order valence-corrected chi connectivity index (χ1v) is 9.48. The first-order valence-electron chi connectivity index (χ1n) is 9.48. The second-order valence-corrected chi connectivity index (χ2v) is 7.37. The smallest absolute Gasteiger partial charge is 0.317 e. The third-order valence-electron chi connectivity index (χ3n) is 5.55. The minimum Gasteiger partial charge on any atom is -0.462 e. The lowest BCUT2D eigenvalue weighted by Gasteiger charge is -2.37. The predicted molar refractivity (Wildman–Crippen MR) is 99.1 cm³/mol. The number of urea groups is 1. The van der Waals surface area contributed by atoms with E-state index in [2.05, 4.69) is 28.9 Å². The lowest BCUT2D eigenvalue weighted by Crippen LogP contribution is -2.53. The van der Waals surface area contributed by atoms with Crippen molar-refractivity contribution >= 4 is 11.7 Å². The van der Waals surface area contributed by atoms with Crippen LogP contribution in [0.4, 0.5) is 10.5 Å². The van der Waals surface area contributed by atoms with Gasteiger partial charge in [-0.1, -0.05) is 25.8 Å². The summed E-state index contributed by atoms with van der Waals surface area (Å²) < 4.78 is 5.60. The number of fused-ring (bicyclic) bond motifs is 1. The average molecular weight is 341 g/mol. The predicted octanol–water partition coefficient (Wildman–Crippen LogP) is 3.30. The number of nitrogens with one attached hydrogen (secondary N) is 1. The Morgan fingerprint density at radius 3 is 2.64 bits per heavy atom. The van der Waals surface area contributed by atoms with Crippen LogP contribution in [0.2, 0.25) is 0 Å². The van der Waals surface area contributed by atoms with Crippen LogP contribution >= 0.6 is 0 Å². The van der Waals surface area contributed by atoms with Crippen molar-refractivity contribution in [3.63, 3.8) is 0 Å². The van der Waals surface area contributed by atoms with Crippen molar-refractivity contribution in [2.75, 3.05) is 31.1 Å². The molecule has 25 heavy (non-hydrogen) atoms. The van der Waals surface area contributed by atoms with Crippen LogP contribution in [0.5, 0.6) is 5.75 Å². The van der Waals surface area contributed by atoms with Crippen LogP contribution in [0.1, 0.15) is 37.7 Å². The molecule has 2 fully saturated rings. The van der Waals surface area contributed by atoms with Gasteiger partial charge in [-0.25, -0.2) is 4.79 Å². The molecule has 4 rings (SSSR count). The molecule has 1 aromatic carbocycles. The highest BCUT2D eigenvalue weighted by Crippen LogP contribution is 2.33. The van der Waals surface area contributed by atoms with Gasteiger partial charge in [-0.15, -0.1) is 0 Å². The normalized spacial score (nSPS) is 21.0. The van der Waals surface area contributed by atoms with Gasteiger partial charge in [0.05, 0.1) is 0 Å². The monoisotopic (exact) mass is 341 g/mol. The number of carbonyl (C=O) groups excluding carboxylic acids is 1.